The van der Waals surface area contributed by atoms with Gasteiger partial charge in [-0.05, 0) is 60.4 Å². The molecule has 126 valence electrons. The number of phenolic OH excluding ortho intramolecular Hbond substituents is 1. The van der Waals surface area contributed by atoms with Gasteiger partial charge in [-0.3, -0.25) is 0 Å². The first kappa shape index (κ1) is 19.1. The van der Waals surface area contributed by atoms with Gasteiger partial charge in [0, 0.05) is 0 Å². The molecule has 0 fully saturated rings. The molecule has 0 radical (unpaired) electrons. The van der Waals surface area contributed by atoms with Crippen LogP contribution in [-0.4, -0.2) is 11.5 Å². The first-order valence-corrected chi connectivity index (χ1v) is 6.59. The molecule has 1 atom stereocenters. The van der Waals surface area contributed by atoms with Crippen molar-refractivity contribution in [1.29, 1.82) is 0 Å². The van der Waals surface area contributed by atoms with Crippen LogP contribution in [0.3, 0.4) is 0 Å². The summed E-state index contributed by atoms with van der Waals surface area (Å²) in [5.74, 6) is -0.137. The second-order valence-corrected chi connectivity index (χ2v) is 5.09. The predicted molar refractivity (Wildman–Crippen MR) is 84.0 cm³/mol. The van der Waals surface area contributed by atoms with Crippen LogP contribution in [0.5, 0.6) is 11.5 Å². The van der Waals surface area contributed by atoms with Crippen molar-refractivity contribution in [2.24, 2.45) is 5.73 Å². The molecule has 0 saturated carbocycles. The maximum absolute atomic E-state index is 12.1. The SMILES string of the molecule is Cc1cc(O)cc(C)c1[C@@H](N)c1ccc(OC(F)(F)F)cc1.Cl. The summed E-state index contributed by atoms with van der Waals surface area (Å²) in [6.45, 7) is 3.64. The molecule has 0 aliphatic carbocycles. The van der Waals surface area contributed by atoms with Gasteiger partial charge in [0.05, 0.1) is 6.04 Å². The number of phenols is 1. The summed E-state index contributed by atoms with van der Waals surface area (Å²) in [5, 5.41) is 9.55. The van der Waals surface area contributed by atoms with Gasteiger partial charge in [0.2, 0.25) is 0 Å². The fourth-order valence-electron chi connectivity index (χ4n) is 2.49. The lowest BCUT2D eigenvalue weighted by molar-refractivity contribution is -0.274. The fraction of sp³-hybridized carbons (Fsp3) is 0.250. The van der Waals surface area contributed by atoms with Crippen LogP contribution >= 0.6 is 12.4 Å². The number of nitrogens with two attached hydrogens (primary N) is 1. The Labute approximate surface area is 138 Å². The normalized spacial score (nSPS) is 12.4. The Kier molecular flexibility index (Phi) is 5.91. The van der Waals surface area contributed by atoms with Gasteiger partial charge in [-0.2, -0.15) is 0 Å². The van der Waals surface area contributed by atoms with E-state index in [1.165, 1.54) is 24.3 Å². The number of hydrogen-bond acceptors (Lipinski definition) is 3. The van der Waals surface area contributed by atoms with Crippen LogP contribution in [0.4, 0.5) is 13.2 Å². The Morgan fingerprint density at radius 3 is 1.96 bits per heavy atom. The van der Waals surface area contributed by atoms with Crippen LogP contribution in [-0.2, 0) is 0 Å². The van der Waals surface area contributed by atoms with Crippen LogP contribution in [0.1, 0.15) is 28.3 Å². The fourth-order valence-corrected chi connectivity index (χ4v) is 2.49. The Bertz CT molecular complexity index is 649. The Balaban J connectivity index is 0.00000264. The molecule has 0 unspecified atom stereocenters. The van der Waals surface area contributed by atoms with Crippen molar-refractivity contribution < 1.29 is 23.0 Å². The van der Waals surface area contributed by atoms with Gasteiger partial charge >= 0.3 is 6.36 Å². The number of rotatable bonds is 3. The van der Waals surface area contributed by atoms with E-state index in [0.717, 1.165) is 16.7 Å². The molecular formula is C16H17ClF3NO2. The van der Waals surface area contributed by atoms with Crippen molar-refractivity contribution in [2.45, 2.75) is 26.3 Å². The summed E-state index contributed by atoms with van der Waals surface area (Å²) in [6, 6.07) is 8.16. The van der Waals surface area contributed by atoms with Crippen LogP contribution in [0, 0.1) is 13.8 Å². The molecule has 0 aliphatic rings. The lowest BCUT2D eigenvalue weighted by atomic mass is 9.91. The Morgan fingerprint density at radius 1 is 1.04 bits per heavy atom. The molecule has 0 bridgehead atoms. The van der Waals surface area contributed by atoms with E-state index < -0.39 is 12.4 Å². The summed E-state index contributed by atoms with van der Waals surface area (Å²) < 4.78 is 40.2. The molecule has 0 amide bonds. The van der Waals surface area contributed by atoms with Crippen molar-refractivity contribution in [2.75, 3.05) is 0 Å². The molecule has 0 saturated heterocycles. The third-order valence-corrected chi connectivity index (χ3v) is 3.36. The molecule has 2 rings (SSSR count). The van der Waals surface area contributed by atoms with Crippen LogP contribution < -0.4 is 10.5 Å². The largest absolute Gasteiger partial charge is 0.573 e. The van der Waals surface area contributed by atoms with Crippen molar-refractivity contribution >= 4 is 12.4 Å². The minimum Gasteiger partial charge on any atom is -0.508 e. The monoisotopic (exact) mass is 347 g/mol. The third kappa shape index (κ3) is 4.77. The van der Waals surface area contributed by atoms with Gasteiger partial charge in [-0.1, -0.05) is 12.1 Å². The molecule has 0 spiro atoms. The van der Waals surface area contributed by atoms with Crippen LogP contribution in [0.15, 0.2) is 36.4 Å². The summed E-state index contributed by atoms with van der Waals surface area (Å²) in [6.07, 6.45) is -4.71. The summed E-state index contributed by atoms with van der Waals surface area (Å²) >= 11 is 0. The van der Waals surface area contributed by atoms with E-state index in [1.807, 2.05) is 13.8 Å². The number of aromatic hydroxyl groups is 1. The Morgan fingerprint density at radius 2 is 1.52 bits per heavy atom. The van der Waals surface area contributed by atoms with Gasteiger partial charge < -0.3 is 15.6 Å². The first-order chi connectivity index (χ1) is 10.2. The zero-order chi connectivity index (χ0) is 16.5. The highest BCUT2D eigenvalue weighted by atomic mass is 35.5. The van der Waals surface area contributed by atoms with Gasteiger partial charge in [0.25, 0.3) is 0 Å². The lowest BCUT2D eigenvalue weighted by Crippen LogP contribution is -2.17. The highest BCUT2D eigenvalue weighted by molar-refractivity contribution is 5.85. The quantitative estimate of drug-likeness (QED) is 0.866. The van der Waals surface area contributed by atoms with Crippen LogP contribution in [0.25, 0.3) is 0 Å². The molecule has 7 heteroatoms. The predicted octanol–water partition coefficient (Wildman–Crippen LogP) is 4.38. The lowest BCUT2D eigenvalue weighted by Gasteiger charge is -2.19. The molecule has 2 aromatic rings. The molecule has 0 heterocycles. The number of benzene rings is 2. The number of aryl methyl sites for hydroxylation is 2. The number of halogens is 4. The standard InChI is InChI=1S/C16H16F3NO2.ClH/c1-9-7-12(21)8-10(2)14(9)15(20)11-3-5-13(6-4-11)22-16(17,18)19;/h3-8,15,21H,20H2,1-2H3;1H/t15-;/m0./s1. The van der Waals surface area contributed by atoms with Crippen molar-refractivity contribution in [3.63, 3.8) is 0 Å². The first-order valence-electron chi connectivity index (χ1n) is 6.59. The van der Waals surface area contributed by atoms with Gasteiger partial charge in [0.1, 0.15) is 11.5 Å². The summed E-state index contributed by atoms with van der Waals surface area (Å²) in [7, 11) is 0. The maximum atomic E-state index is 12.1. The van der Waals surface area contributed by atoms with E-state index in [0.29, 0.717) is 5.56 Å². The zero-order valence-electron chi connectivity index (χ0n) is 12.5. The van der Waals surface area contributed by atoms with Crippen LogP contribution in [0.2, 0.25) is 0 Å². The van der Waals surface area contributed by atoms with Crippen molar-refractivity contribution in [1.82, 2.24) is 0 Å². The van der Waals surface area contributed by atoms with Crippen molar-refractivity contribution in [3.8, 4) is 11.5 Å². The minimum absolute atomic E-state index is 0. The van der Waals surface area contributed by atoms with E-state index in [1.54, 1.807) is 12.1 Å². The van der Waals surface area contributed by atoms with E-state index in [2.05, 4.69) is 4.74 Å². The maximum Gasteiger partial charge on any atom is 0.573 e. The third-order valence-electron chi connectivity index (χ3n) is 3.36. The number of ether oxygens (including phenoxy) is 1. The number of alkyl halides is 3. The second-order valence-electron chi connectivity index (χ2n) is 5.09. The van der Waals surface area contributed by atoms with Crippen molar-refractivity contribution in [3.05, 3.63) is 58.7 Å². The Hall–Kier alpha value is -1.92. The molecule has 3 N–H and O–H groups in total. The van der Waals surface area contributed by atoms with E-state index in [-0.39, 0.29) is 23.9 Å². The molecule has 2 aromatic carbocycles. The highest BCUT2D eigenvalue weighted by Gasteiger charge is 2.31. The van der Waals surface area contributed by atoms with E-state index in [4.69, 9.17) is 5.73 Å². The molecule has 3 nitrogen and oxygen atoms in total. The minimum atomic E-state index is -4.71. The number of hydrogen-bond donors (Lipinski definition) is 2. The van der Waals surface area contributed by atoms with E-state index in [9.17, 15) is 18.3 Å². The van der Waals surface area contributed by atoms with Gasteiger partial charge in [0.15, 0.2) is 0 Å². The van der Waals surface area contributed by atoms with Gasteiger partial charge in [-0.25, -0.2) is 0 Å². The average molecular weight is 348 g/mol. The molecule has 0 aromatic heterocycles. The second kappa shape index (κ2) is 7.10. The topological polar surface area (TPSA) is 55.5 Å². The molecule has 23 heavy (non-hydrogen) atoms. The smallest absolute Gasteiger partial charge is 0.508 e. The zero-order valence-corrected chi connectivity index (χ0v) is 13.3. The van der Waals surface area contributed by atoms with Gasteiger partial charge in [-0.15, -0.1) is 25.6 Å². The molecular weight excluding hydrogens is 331 g/mol. The molecule has 0 aliphatic heterocycles. The van der Waals surface area contributed by atoms with E-state index >= 15 is 0 Å². The highest BCUT2D eigenvalue weighted by Crippen LogP contribution is 2.30. The average Bonchev–Trinajstić information content (AvgIpc) is 2.36. The summed E-state index contributed by atoms with van der Waals surface area (Å²) in [5.41, 5.74) is 9.33. The summed E-state index contributed by atoms with van der Waals surface area (Å²) in [4.78, 5) is 0.